The molecule has 5 rings (SSSR count). The lowest BCUT2D eigenvalue weighted by molar-refractivity contribution is 0.102. The molecule has 9 nitrogen and oxygen atoms in total. The fourth-order valence-corrected chi connectivity index (χ4v) is 4.85. The van der Waals surface area contributed by atoms with Crippen LogP contribution in [0, 0.1) is 0 Å². The summed E-state index contributed by atoms with van der Waals surface area (Å²) in [4.78, 5) is 17.6. The molecule has 0 spiro atoms. The van der Waals surface area contributed by atoms with Gasteiger partial charge in [0, 0.05) is 28.3 Å². The monoisotopic (exact) mass is 486 g/mol. The van der Waals surface area contributed by atoms with Crippen LogP contribution < -0.4 is 10.6 Å². The molecule has 1 amide bonds. The molecule has 1 aliphatic rings. The molecule has 2 heterocycles. The summed E-state index contributed by atoms with van der Waals surface area (Å²) in [7, 11) is -3.71. The van der Waals surface area contributed by atoms with Crippen LogP contribution in [0.3, 0.4) is 0 Å². The lowest BCUT2D eigenvalue weighted by Gasteiger charge is -2.10. The third-order valence-corrected chi connectivity index (χ3v) is 6.84. The Kier molecular flexibility index (Phi) is 5.65. The molecule has 35 heavy (non-hydrogen) atoms. The number of hydrogen-bond donors (Lipinski definition) is 3. The normalized spacial score (nSPS) is 13.9. The van der Waals surface area contributed by atoms with Crippen LogP contribution in [0.25, 0.3) is 11.4 Å². The van der Waals surface area contributed by atoms with Gasteiger partial charge in [-0.2, -0.15) is 13.5 Å². The van der Waals surface area contributed by atoms with Gasteiger partial charge in [-0.25, -0.2) is 4.98 Å². The number of fused-ring (bicyclic) bond motifs is 1. The number of nitrogens with one attached hydrogen (secondary N) is 3. The quantitative estimate of drug-likeness (QED) is 0.383. The molecule has 176 valence electrons. The van der Waals surface area contributed by atoms with Gasteiger partial charge in [0.05, 0.1) is 5.69 Å². The van der Waals surface area contributed by atoms with Gasteiger partial charge in [0.1, 0.15) is 10.7 Å². The number of hydrogen-bond acceptors (Lipinski definition) is 6. The summed E-state index contributed by atoms with van der Waals surface area (Å²) < 4.78 is 28.3. The first-order valence-corrected chi connectivity index (χ1v) is 12.4. The fraction of sp³-hybridized carbons (Fsp3) is 0.120. The van der Waals surface area contributed by atoms with E-state index >= 15 is 0 Å². The van der Waals surface area contributed by atoms with Crippen LogP contribution in [0.4, 0.5) is 11.4 Å². The minimum absolute atomic E-state index is 0.170. The molecule has 3 aromatic carbocycles. The van der Waals surface area contributed by atoms with Crippen molar-refractivity contribution < 1.29 is 13.2 Å². The van der Waals surface area contributed by atoms with Crippen LogP contribution in [-0.2, 0) is 10.0 Å². The number of benzene rings is 3. The van der Waals surface area contributed by atoms with Gasteiger partial charge in [0.15, 0.2) is 11.7 Å². The number of rotatable bonds is 5. The van der Waals surface area contributed by atoms with Crippen LogP contribution in [0.2, 0.25) is 0 Å². The van der Waals surface area contributed by atoms with Crippen molar-refractivity contribution in [1.29, 1.82) is 0 Å². The third-order valence-electron chi connectivity index (χ3n) is 5.51. The first-order valence-electron chi connectivity index (χ1n) is 11.0. The maximum absolute atomic E-state index is 12.9. The Labute approximate surface area is 202 Å². The number of carbonyl (C=O) groups excluding carboxylic acids is 1. The van der Waals surface area contributed by atoms with Crippen molar-refractivity contribution in [3.05, 3.63) is 89.7 Å². The van der Waals surface area contributed by atoms with E-state index in [0.29, 0.717) is 33.9 Å². The van der Waals surface area contributed by atoms with E-state index in [1.54, 1.807) is 48.5 Å². The van der Waals surface area contributed by atoms with Gasteiger partial charge in [-0.15, -0.1) is 4.40 Å². The molecule has 10 heteroatoms. The smallest absolute Gasteiger partial charge is 0.285 e. The molecule has 3 N–H and O–H groups in total. The van der Waals surface area contributed by atoms with Crippen molar-refractivity contribution in [3.63, 3.8) is 0 Å². The summed E-state index contributed by atoms with van der Waals surface area (Å²) in [5.41, 5.74) is 2.86. The van der Waals surface area contributed by atoms with Crippen LogP contribution in [0.15, 0.2) is 82.1 Å². The van der Waals surface area contributed by atoms with Crippen molar-refractivity contribution in [2.45, 2.75) is 24.7 Å². The number of aromatic nitrogens is 3. The van der Waals surface area contributed by atoms with Crippen molar-refractivity contribution >= 4 is 33.1 Å². The standard InChI is InChI=1S/C25H22N6O3S/c1-15(2)22-28-23(30-29-22)18-7-3-5-9-20(18)27-25(32)16-11-13-17(14-12-16)26-24-19-8-4-6-10-21(19)35(33,34)31-24/h3-15H,1-2H3,(H,26,31)(H,27,32)(H,28,29,30). The second kappa shape index (κ2) is 8.80. The molecule has 0 radical (unpaired) electrons. The second-order valence-corrected chi connectivity index (χ2v) is 9.88. The number of anilines is 2. The molecule has 0 unspecified atom stereocenters. The number of para-hydroxylation sites is 1. The number of carbonyl (C=O) groups is 1. The molecule has 0 atom stereocenters. The molecule has 0 saturated carbocycles. The zero-order chi connectivity index (χ0) is 24.6. The van der Waals surface area contributed by atoms with Gasteiger partial charge in [0.2, 0.25) is 0 Å². The molecule has 0 aliphatic carbocycles. The Bertz CT molecular complexity index is 1560. The maximum Gasteiger partial charge on any atom is 0.285 e. The molecule has 0 fully saturated rings. The Hall–Kier alpha value is -4.31. The maximum atomic E-state index is 12.9. The van der Waals surface area contributed by atoms with Crippen LogP contribution in [-0.4, -0.2) is 35.3 Å². The van der Waals surface area contributed by atoms with Crippen LogP contribution in [0.1, 0.15) is 41.5 Å². The minimum Gasteiger partial charge on any atom is -0.339 e. The predicted molar refractivity (Wildman–Crippen MR) is 134 cm³/mol. The largest absolute Gasteiger partial charge is 0.339 e. The molecule has 1 aliphatic heterocycles. The van der Waals surface area contributed by atoms with E-state index in [1.165, 1.54) is 6.07 Å². The average Bonchev–Trinajstić information content (AvgIpc) is 3.44. The van der Waals surface area contributed by atoms with Crippen LogP contribution >= 0.6 is 0 Å². The summed E-state index contributed by atoms with van der Waals surface area (Å²) in [6.45, 7) is 4.04. The van der Waals surface area contributed by atoms with E-state index in [-0.39, 0.29) is 22.6 Å². The van der Waals surface area contributed by atoms with E-state index in [1.807, 2.05) is 32.0 Å². The predicted octanol–water partition coefficient (Wildman–Crippen LogP) is 4.41. The molecule has 4 aromatic rings. The van der Waals surface area contributed by atoms with Gasteiger partial charge < -0.3 is 10.6 Å². The van der Waals surface area contributed by atoms with Crippen molar-refractivity contribution in [1.82, 2.24) is 15.2 Å². The van der Waals surface area contributed by atoms with Gasteiger partial charge in [-0.1, -0.05) is 38.1 Å². The fourth-order valence-electron chi connectivity index (χ4n) is 3.67. The first-order chi connectivity index (χ1) is 16.8. The zero-order valence-corrected chi connectivity index (χ0v) is 19.8. The third kappa shape index (κ3) is 4.43. The Morgan fingerprint density at radius 1 is 0.914 bits per heavy atom. The molecule has 0 bridgehead atoms. The topological polar surface area (TPSA) is 129 Å². The number of aromatic amines is 1. The Balaban J connectivity index is 1.33. The highest BCUT2D eigenvalue weighted by Crippen LogP contribution is 2.28. The summed E-state index contributed by atoms with van der Waals surface area (Å²) in [6.07, 6.45) is 0. The highest BCUT2D eigenvalue weighted by Gasteiger charge is 2.28. The van der Waals surface area contributed by atoms with Gasteiger partial charge in [-0.05, 0) is 48.5 Å². The molecular formula is C25H22N6O3S. The van der Waals surface area contributed by atoms with Gasteiger partial charge in [0.25, 0.3) is 15.9 Å². The van der Waals surface area contributed by atoms with E-state index in [9.17, 15) is 13.2 Å². The van der Waals surface area contributed by atoms with Crippen LogP contribution in [0.5, 0.6) is 0 Å². The number of H-pyrrole nitrogens is 1. The second-order valence-electron chi connectivity index (χ2n) is 8.31. The number of nitrogens with zero attached hydrogens (tertiary/aromatic N) is 3. The number of sulfonamides is 1. The minimum atomic E-state index is -3.71. The number of amides is 1. The van der Waals surface area contributed by atoms with E-state index < -0.39 is 10.0 Å². The summed E-state index contributed by atoms with van der Waals surface area (Å²) in [5, 5.41) is 13.2. The molecular weight excluding hydrogens is 464 g/mol. The van der Waals surface area contributed by atoms with Crippen molar-refractivity contribution in [2.24, 2.45) is 4.40 Å². The average molecular weight is 487 g/mol. The summed E-state index contributed by atoms with van der Waals surface area (Å²) in [6, 6.07) is 20.7. The van der Waals surface area contributed by atoms with Crippen molar-refractivity contribution in [2.75, 3.05) is 10.6 Å². The van der Waals surface area contributed by atoms with Gasteiger partial charge >= 0.3 is 0 Å². The highest BCUT2D eigenvalue weighted by atomic mass is 32.2. The van der Waals surface area contributed by atoms with E-state index in [4.69, 9.17) is 0 Å². The zero-order valence-electron chi connectivity index (χ0n) is 19.0. The van der Waals surface area contributed by atoms with Gasteiger partial charge in [-0.3, -0.25) is 9.89 Å². The Morgan fingerprint density at radius 3 is 2.31 bits per heavy atom. The number of amidine groups is 1. The first kappa shape index (κ1) is 22.5. The lowest BCUT2D eigenvalue weighted by atomic mass is 10.1. The van der Waals surface area contributed by atoms with E-state index in [0.717, 1.165) is 5.82 Å². The highest BCUT2D eigenvalue weighted by molar-refractivity contribution is 7.90. The Morgan fingerprint density at radius 2 is 1.60 bits per heavy atom. The molecule has 1 aromatic heterocycles. The summed E-state index contributed by atoms with van der Waals surface area (Å²) >= 11 is 0. The SMILES string of the molecule is CC(C)c1nc(-c2ccccc2NC(=O)c2ccc(NC3=NS(=O)(=O)c4ccccc43)cc2)n[nH]1. The van der Waals surface area contributed by atoms with Crippen molar-refractivity contribution in [3.8, 4) is 11.4 Å². The lowest BCUT2D eigenvalue weighted by Crippen LogP contribution is -2.14. The van der Waals surface area contributed by atoms with E-state index in [2.05, 4.69) is 30.2 Å². The summed E-state index contributed by atoms with van der Waals surface area (Å²) in [5.74, 6) is 1.44. The molecule has 0 saturated heterocycles.